The third kappa shape index (κ3) is 3.23. The van der Waals surface area contributed by atoms with Gasteiger partial charge in [0.25, 0.3) is 0 Å². The molecule has 1 aromatic rings. The van der Waals surface area contributed by atoms with E-state index in [9.17, 15) is 4.39 Å². The van der Waals surface area contributed by atoms with Crippen molar-refractivity contribution in [3.05, 3.63) is 40.3 Å². The third-order valence-electron chi connectivity index (χ3n) is 1.17. The fraction of sp³-hybridized carbons (Fsp3) is 0.125. The van der Waals surface area contributed by atoms with E-state index < -0.39 is 5.95 Å². The lowest BCUT2D eigenvalue weighted by Crippen LogP contribution is -1.82. The van der Waals surface area contributed by atoms with Gasteiger partial charge in [0.1, 0.15) is 0 Å². The van der Waals surface area contributed by atoms with Gasteiger partial charge in [0.2, 0.25) is 5.95 Å². The second-order valence-corrected chi connectivity index (χ2v) is 2.06. The van der Waals surface area contributed by atoms with Crippen LogP contribution in [-0.4, -0.2) is 11.5 Å². The number of aromatic nitrogens is 1. The van der Waals surface area contributed by atoms with Crippen molar-refractivity contribution in [2.45, 2.75) is 0 Å². The lowest BCUT2D eigenvalue weighted by atomic mass is 10.3. The van der Waals surface area contributed by atoms with Crippen LogP contribution in [0.3, 0.4) is 0 Å². The average Bonchev–Trinajstić information content (AvgIpc) is 2.13. The van der Waals surface area contributed by atoms with Crippen LogP contribution in [0.1, 0.15) is 5.56 Å². The Balaban J connectivity index is 2.71. The Bertz CT molecular complexity index is 398. The fourth-order valence-electron chi connectivity index (χ4n) is 0.689. The lowest BCUT2D eigenvalue weighted by molar-refractivity contribution is 0.583. The van der Waals surface area contributed by atoms with Gasteiger partial charge < -0.3 is 0 Å². The van der Waals surface area contributed by atoms with E-state index in [1.165, 1.54) is 12.3 Å². The van der Waals surface area contributed by atoms with Crippen LogP contribution in [0.5, 0.6) is 0 Å². The molecule has 13 heavy (non-hydrogen) atoms. The number of nitrogens with zero attached hydrogens (tertiary/aromatic N) is 4. The fourth-order valence-corrected chi connectivity index (χ4v) is 0.689. The molecule has 0 aromatic carbocycles. The molecule has 0 spiro atoms. The number of hydrogen-bond donors (Lipinski definition) is 0. The van der Waals surface area contributed by atoms with Gasteiger partial charge in [-0.1, -0.05) is 17.0 Å². The first-order valence-electron chi connectivity index (χ1n) is 3.44. The predicted octanol–water partition coefficient (Wildman–Crippen LogP) is 1.88. The molecular weight excluding hydrogens is 171 g/mol. The maximum absolute atomic E-state index is 12.5. The number of halogens is 1. The number of rotatable bonds is 1. The summed E-state index contributed by atoms with van der Waals surface area (Å²) in [4.78, 5) is 5.89. The quantitative estimate of drug-likeness (QED) is 0.212. The highest BCUT2D eigenvalue weighted by molar-refractivity contribution is 5.32. The van der Waals surface area contributed by atoms with Gasteiger partial charge >= 0.3 is 0 Å². The smallest absolute Gasteiger partial charge is 0.214 e. The summed E-state index contributed by atoms with van der Waals surface area (Å²) in [5.41, 5.74) is 8.44. The highest BCUT2D eigenvalue weighted by atomic mass is 19.1. The van der Waals surface area contributed by atoms with E-state index >= 15 is 0 Å². The van der Waals surface area contributed by atoms with Crippen LogP contribution in [-0.2, 0) is 0 Å². The molecule has 0 N–H and O–H groups in total. The maximum Gasteiger partial charge on any atom is 0.214 e. The summed E-state index contributed by atoms with van der Waals surface area (Å²) in [6, 6.07) is 2.79. The zero-order valence-corrected chi connectivity index (χ0v) is 6.61. The Morgan fingerprint density at radius 2 is 2.54 bits per heavy atom. The van der Waals surface area contributed by atoms with Gasteiger partial charge in [0.05, 0.1) is 6.54 Å². The number of hydrogen-bond acceptors (Lipinski definition) is 2. The van der Waals surface area contributed by atoms with Gasteiger partial charge in [-0.15, -0.1) is 0 Å². The number of azide groups is 1. The van der Waals surface area contributed by atoms with Crippen molar-refractivity contribution in [3.8, 4) is 11.8 Å². The molecule has 1 aromatic heterocycles. The molecule has 0 atom stereocenters. The molecule has 0 saturated carbocycles. The topological polar surface area (TPSA) is 61.7 Å². The third-order valence-corrected chi connectivity index (χ3v) is 1.17. The van der Waals surface area contributed by atoms with Crippen molar-refractivity contribution in [2.24, 2.45) is 5.11 Å². The Hall–Kier alpha value is -2.05. The van der Waals surface area contributed by atoms with Gasteiger partial charge in [-0.2, -0.15) is 4.39 Å². The molecule has 0 aliphatic carbocycles. The summed E-state index contributed by atoms with van der Waals surface area (Å²) in [5.74, 6) is 4.62. The maximum atomic E-state index is 12.5. The standard InChI is InChI=1S/C8H5FN4/c9-8-6-7(3-5-11-8)2-1-4-12-13-10/h3,5-6H,4H2. The summed E-state index contributed by atoms with van der Waals surface area (Å²) in [7, 11) is 0. The minimum atomic E-state index is -0.574. The zero-order valence-electron chi connectivity index (χ0n) is 6.61. The second kappa shape index (κ2) is 4.75. The summed E-state index contributed by atoms with van der Waals surface area (Å²) in [5, 5.41) is 3.21. The van der Waals surface area contributed by atoms with Gasteiger partial charge in [0, 0.05) is 22.7 Å². The zero-order chi connectivity index (χ0) is 9.52. The highest BCUT2D eigenvalue weighted by Gasteiger charge is 1.89. The van der Waals surface area contributed by atoms with E-state index in [1.54, 1.807) is 6.07 Å². The van der Waals surface area contributed by atoms with Gasteiger partial charge in [0.15, 0.2) is 0 Å². The molecule has 4 nitrogen and oxygen atoms in total. The molecule has 0 fully saturated rings. The average molecular weight is 176 g/mol. The SMILES string of the molecule is [N-]=[N+]=NCC#Cc1ccnc(F)c1. The molecule has 0 saturated heterocycles. The van der Waals surface area contributed by atoms with Crippen LogP contribution in [0.2, 0.25) is 0 Å². The van der Waals surface area contributed by atoms with E-state index in [4.69, 9.17) is 5.53 Å². The monoisotopic (exact) mass is 176 g/mol. The first kappa shape index (κ1) is 9.04. The molecule has 64 valence electrons. The highest BCUT2D eigenvalue weighted by Crippen LogP contribution is 1.97. The van der Waals surface area contributed by atoms with Crippen LogP contribution in [0.15, 0.2) is 23.4 Å². The van der Waals surface area contributed by atoms with Crippen LogP contribution < -0.4 is 0 Å². The van der Waals surface area contributed by atoms with Crippen molar-refractivity contribution in [3.63, 3.8) is 0 Å². The van der Waals surface area contributed by atoms with Crippen molar-refractivity contribution in [1.29, 1.82) is 0 Å². The Morgan fingerprint density at radius 1 is 1.69 bits per heavy atom. The minimum Gasteiger partial charge on any atom is -0.228 e. The van der Waals surface area contributed by atoms with E-state index in [1.807, 2.05) is 0 Å². The van der Waals surface area contributed by atoms with Crippen molar-refractivity contribution in [2.75, 3.05) is 6.54 Å². The Labute approximate surface area is 74.0 Å². The molecule has 5 heteroatoms. The van der Waals surface area contributed by atoms with Gasteiger partial charge in [-0.3, -0.25) is 0 Å². The van der Waals surface area contributed by atoms with E-state index in [0.29, 0.717) is 5.56 Å². The summed E-state index contributed by atoms with van der Waals surface area (Å²) in [6.45, 7) is 0.0838. The molecule has 1 heterocycles. The van der Waals surface area contributed by atoms with Gasteiger partial charge in [-0.05, 0) is 11.6 Å². The van der Waals surface area contributed by atoms with E-state index in [2.05, 4.69) is 26.9 Å². The van der Waals surface area contributed by atoms with Crippen LogP contribution in [0.25, 0.3) is 10.4 Å². The minimum absolute atomic E-state index is 0.0838. The Kier molecular flexibility index (Phi) is 3.31. The van der Waals surface area contributed by atoms with Crippen molar-refractivity contribution >= 4 is 0 Å². The van der Waals surface area contributed by atoms with Crippen LogP contribution in [0.4, 0.5) is 4.39 Å². The normalized spacial score (nSPS) is 8.08. The molecule has 0 amide bonds. The van der Waals surface area contributed by atoms with E-state index in [0.717, 1.165) is 0 Å². The number of pyridine rings is 1. The molecule has 0 aliphatic rings. The molecule has 0 bridgehead atoms. The van der Waals surface area contributed by atoms with Crippen molar-refractivity contribution in [1.82, 2.24) is 4.98 Å². The summed E-state index contributed by atoms with van der Waals surface area (Å²) in [6.07, 6.45) is 1.33. The predicted molar refractivity (Wildman–Crippen MR) is 45.1 cm³/mol. The lowest BCUT2D eigenvalue weighted by Gasteiger charge is -1.87. The molecular formula is C8H5FN4. The van der Waals surface area contributed by atoms with Crippen molar-refractivity contribution < 1.29 is 4.39 Å². The molecule has 1 rings (SSSR count). The first-order chi connectivity index (χ1) is 6.33. The first-order valence-corrected chi connectivity index (χ1v) is 3.44. The molecule has 0 aliphatic heterocycles. The molecule has 0 unspecified atom stereocenters. The Morgan fingerprint density at radius 3 is 3.23 bits per heavy atom. The summed E-state index contributed by atoms with van der Waals surface area (Å²) < 4.78 is 12.5. The van der Waals surface area contributed by atoms with E-state index in [-0.39, 0.29) is 6.54 Å². The summed E-state index contributed by atoms with van der Waals surface area (Å²) >= 11 is 0. The second-order valence-electron chi connectivity index (χ2n) is 2.06. The van der Waals surface area contributed by atoms with Crippen LogP contribution in [0, 0.1) is 17.8 Å². The largest absolute Gasteiger partial charge is 0.228 e. The van der Waals surface area contributed by atoms with Crippen LogP contribution >= 0.6 is 0 Å². The van der Waals surface area contributed by atoms with Gasteiger partial charge in [-0.25, -0.2) is 4.98 Å². The molecule has 0 radical (unpaired) electrons.